The van der Waals surface area contributed by atoms with Gasteiger partial charge >= 0.3 is 0 Å². The third-order valence-corrected chi connectivity index (χ3v) is 5.59. The van der Waals surface area contributed by atoms with Crippen LogP contribution in [0.5, 0.6) is 0 Å². The highest BCUT2D eigenvalue weighted by molar-refractivity contribution is 5.53. The van der Waals surface area contributed by atoms with Gasteiger partial charge in [-0.1, -0.05) is 49.3 Å². The summed E-state index contributed by atoms with van der Waals surface area (Å²) in [6.07, 6.45) is 11.1. The monoisotopic (exact) mass is 313 g/mol. The van der Waals surface area contributed by atoms with E-state index in [0.717, 1.165) is 18.9 Å². The van der Waals surface area contributed by atoms with Crippen LogP contribution in [0.3, 0.4) is 0 Å². The maximum absolute atomic E-state index is 9.00. The van der Waals surface area contributed by atoms with Gasteiger partial charge in [0, 0.05) is 25.7 Å². The molecule has 2 nitrogen and oxygen atoms in total. The van der Waals surface area contributed by atoms with E-state index in [2.05, 4.69) is 42.2 Å². The summed E-state index contributed by atoms with van der Waals surface area (Å²) in [7, 11) is 0. The van der Waals surface area contributed by atoms with E-state index < -0.39 is 0 Å². The number of hydrogen-bond donors (Lipinski definition) is 1. The first kappa shape index (κ1) is 16.7. The highest BCUT2D eigenvalue weighted by Gasteiger charge is 2.26. The lowest BCUT2D eigenvalue weighted by Crippen LogP contribution is -2.43. The molecular weight excluding hydrogens is 282 g/mol. The second-order valence-corrected chi connectivity index (χ2v) is 7.49. The van der Waals surface area contributed by atoms with Gasteiger partial charge in [-0.2, -0.15) is 0 Å². The second-order valence-electron chi connectivity index (χ2n) is 7.49. The van der Waals surface area contributed by atoms with Crippen molar-refractivity contribution in [2.75, 3.05) is 19.7 Å². The topological polar surface area (TPSA) is 23.5 Å². The first-order valence-corrected chi connectivity index (χ1v) is 9.38. The summed E-state index contributed by atoms with van der Waals surface area (Å²) in [6, 6.07) is 9.92. The van der Waals surface area contributed by atoms with E-state index in [1.54, 1.807) is 5.57 Å². The van der Waals surface area contributed by atoms with E-state index in [1.165, 1.54) is 56.3 Å². The highest BCUT2D eigenvalue weighted by Crippen LogP contribution is 2.29. The van der Waals surface area contributed by atoms with Crippen LogP contribution in [0.4, 0.5) is 0 Å². The molecule has 1 saturated carbocycles. The molecule has 1 aromatic rings. The average Bonchev–Trinajstić information content (AvgIpc) is 2.50. The standard InChI is InChI=1S/C21H31NO/c1-17(11-14-23)15-18-5-7-19(8-6-18)16-20-9-12-22(13-10-20)21-3-2-4-21/h5-8,16-17,21,23H,2-4,9-15H2,1H3. The van der Waals surface area contributed by atoms with Crippen molar-refractivity contribution in [2.45, 2.75) is 57.9 Å². The summed E-state index contributed by atoms with van der Waals surface area (Å²) in [4.78, 5) is 2.70. The molecule has 1 aromatic carbocycles. The van der Waals surface area contributed by atoms with Crippen molar-refractivity contribution in [1.82, 2.24) is 4.90 Å². The zero-order chi connectivity index (χ0) is 16.1. The van der Waals surface area contributed by atoms with Gasteiger partial charge in [0.1, 0.15) is 0 Å². The lowest BCUT2D eigenvalue weighted by atomic mass is 9.89. The van der Waals surface area contributed by atoms with E-state index in [1.807, 2.05) is 0 Å². The molecule has 3 rings (SSSR count). The smallest absolute Gasteiger partial charge is 0.0433 e. The van der Waals surface area contributed by atoms with Crippen molar-refractivity contribution < 1.29 is 5.11 Å². The van der Waals surface area contributed by atoms with Crippen molar-refractivity contribution in [3.05, 3.63) is 41.0 Å². The SMILES string of the molecule is CC(CCO)Cc1ccc(C=C2CCN(C3CCC3)CC2)cc1. The van der Waals surface area contributed by atoms with Crippen LogP contribution in [0.1, 0.15) is 56.6 Å². The van der Waals surface area contributed by atoms with E-state index in [0.29, 0.717) is 12.5 Å². The fourth-order valence-corrected chi connectivity index (χ4v) is 3.78. The quantitative estimate of drug-likeness (QED) is 0.847. The molecule has 1 saturated heterocycles. The van der Waals surface area contributed by atoms with Gasteiger partial charge < -0.3 is 5.11 Å². The van der Waals surface area contributed by atoms with Crippen molar-refractivity contribution in [3.63, 3.8) is 0 Å². The normalized spacial score (nSPS) is 21.0. The van der Waals surface area contributed by atoms with Crippen LogP contribution >= 0.6 is 0 Å². The Balaban J connectivity index is 1.51. The van der Waals surface area contributed by atoms with E-state index in [9.17, 15) is 0 Å². The molecule has 1 heterocycles. The van der Waals surface area contributed by atoms with E-state index in [4.69, 9.17) is 5.11 Å². The predicted octanol–water partition coefficient (Wildman–Crippen LogP) is 4.28. The Kier molecular flexibility index (Phi) is 5.91. The third kappa shape index (κ3) is 4.68. The zero-order valence-electron chi connectivity index (χ0n) is 14.5. The Morgan fingerprint density at radius 2 is 1.87 bits per heavy atom. The minimum Gasteiger partial charge on any atom is -0.396 e. The minimum absolute atomic E-state index is 0.295. The van der Waals surface area contributed by atoms with E-state index >= 15 is 0 Å². The minimum atomic E-state index is 0.295. The van der Waals surface area contributed by atoms with Gasteiger partial charge in [0.15, 0.2) is 0 Å². The van der Waals surface area contributed by atoms with Crippen LogP contribution in [-0.2, 0) is 6.42 Å². The molecule has 1 aliphatic heterocycles. The Bertz CT molecular complexity index is 505. The molecule has 1 N–H and O–H groups in total. The highest BCUT2D eigenvalue weighted by atomic mass is 16.3. The first-order valence-electron chi connectivity index (χ1n) is 9.38. The third-order valence-electron chi connectivity index (χ3n) is 5.59. The predicted molar refractivity (Wildman–Crippen MR) is 97.4 cm³/mol. The summed E-state index contributed by atoms with van der Waals surface area (Å²) in [6.45, 7) is 5.02. The first-order chi connectivity index (χ1) is 11.2. The lowest BCUT2D eigenvalue weighted by Gasteiger charge is -2.40. The molecule has 2 heteroatoms. The Morgan fingerprint density at radius 1 is 1.17 bits per heavy atom. The Hall–Kier alpha value is -1.12. The zero-order valence-corrected chi connectivity index (χ0v) is 14.5. The largest absolute Gasteiger partial charge is 0.396 e. The fourth-order valence-electron chi connectivity index (χ4n) is 3.78. The van der Waals surface area contributed by atoms with Gasteiger partial charge in [-0.15, -0.1) is 0 Å². The molecule has 1 aliphatic carbocycles. The average molecular weight is 313 g/mol. The summed E-state index contributed by atoms with van der Waals surface area (Å²) < 4.78 is 0. The molecule has 0 spiro atoms. The van der Waals surface area contributed by atoms with E-state index in [-0.39, 0.29) is 0 Å². The summed E-state index contributed by atoms with van der Waals surface area (Å²) in [5.74, 6) is 0.556. The Labute approximate surface area is 141 Å². The van der Waals surface area contributed by atoms with Crippen LogP contribution < -0.4 is 0 Å². The molecule has 0 aromatic heterocycles. The van der Waals surface area contributed by atoms with Gasteiger partial charge in [0.05, 0.1) is 0 Å². The van der Waals surface area contributed by atoms with Crippen molar-refractivity contribution >= 4 is 6.08 Å². The summed E-state index contributed by atoms with van der Waals surface area (Å²) in [5.41, 5.74) is 4.34. The maximum Gasteiger partial charge on any atom is 0.0433 e. The molecule has 23 heavy (non-hydrogen) atoms. The molecule has 0 bridgehead atoms. The van der Waals surface area contributed by atoms with Gasteiger partial charge in [-0.3, -0.25) is 4.90 Å². The Morgan fingerprint density at radius 3 is 2.43 bits per heavy atom. The molecule has 0 radical (unpaired) electrons. The summed E-state index contributed by atoms with van der Waals surface area (Å²) in [5, 5.41) is 9.00. The van der Waals surface area contributed by atoms with Gasteiger partial charge in [0.25, 0.3) is 0 Å². The second kappa shape index (κ2) is 8.12. The van der Waals surface area contributed by atoms with Gasteiger partial charge in [-0.25, -0.2) is 0 Å². The number of hydrogen-bond acceptors (Lipinski definition) is 2. The molecule has 126 valence electrons. The van der Waals surface area contributed by atoms with Crippen LogP contribution in [0.2, 0.25) is 0 Å². The lowest BCUT2D eigenvalue weighted by molar-refractivity contribution is 0.118. The summed E-state index contributed by atoms with van der Waals surface area (Å²) >= 11 is 0. The molecule has 0 amide bonds. The fraction of sp³-hybridized carbons (Fsp3) is 0.619. The number of piperidine rings is 1. The number of likely N-dealkylation sites (tertiary alicyclic amines) is 1. The molecular formula is C21H31NO. The number of nitrogens with zero attached hydrogens (tertiary/aromatic N) is 1. The van der Waals surface area contributed by atoms with Crippen molar-refractivity contribution in [2.24, 2.45) is 5.92 Å². The van der Waals surface area contributed by atoms with Crippen LogP contribution in [0.15, 0.2) is 29.8 Å². The molecule has 1 unspecified atom stereocenters. The number of aliphatic hydroxyl groups excluding tert-OH is 1. The van der Waals surface area contributed by atoms with Crippen LogP contribution in [0.25, 0.3) is 6.08 Å². The number of benzene rings is 1. The number of rotatable bonds is 6. The molecule has 2 fully saturated rings. The molecule has 2 aliphatic rings. The molecule has 1 atom stereocenters. The number of aliphatic hydroxyl groups is 1. The van der Waals surface area contributed by atoms with Crippen molar-refractivity contribution in [3.8, 4) is 0 Å². The van der Waals surface area contributed by atoms with Gasteiger partial charge in [-0.05, 0) is 55.6 Å². The van der Waals surface area contributed by atoms with Gasteiger partial charge in [0.2, 0.25) is 0 Å². The van der Waals surface area contributed by atoms with Crippen molar-refractivity contribution in [1.29, 1.82) is 0 Å². The maximum atomic E-state index is 9.00. The van der Waals surface area contributed by atoms with Crippen LogP contribution in [0, 0.1) is 5.92 Å². The van der Waals surface area contributed by atoms with Crippen LogP contribution in [-0.4, -0.2) is 35.7 Å².